The third kappa shape index (κ3) is 3.24. The molecule has 0 aliphatic rings. The van der Waals surface area contributed by atoms with Gasteiger partial charge in [0.25, 0.3) is 0 Å². The van der Waals surface area contributed by atoms with E-state index in [0.717, 1.165) is 11.1 Å². The fourth-order valence-corrected chi connectivity index (χ4v) is 2.07. The number of aryl methyl sites for hydroxylation is 3. The van der Waals surface area contributed by atoms with Crippen molar-refractivity contribution in [1.29, 1.82) is 0 Å². The monoisotopic (exact) mass is 240 g/mol. The molecule has 0 aliphatic heterocycles. The summed E-state index contributed by atoms with van der Waals surface area (Å²) in [5.74, 6) is -0.799. The molecule has 0 aliphatic carbocycles. The number of rotatable bonds is 4. The summed E-state index contributed by atoms with van der Waals surface area (Å²) in [5, 5.41) is 8.41. The van der Waals surface area contributed by atoms with Crippen molar-refractivity contribution in [2.45, 2.75) is 39.0 Å². The highest BCUT2D eigenvalue weighted by Gasteiger charge is 2.13. The number of hydrogen-bond acceptors (Lipinski definition) is 1. The van der Waals surface area contributed by atoms with Crippen molar-refractivity contribution in [3.05, 3.63) is 34.4 Å². The number of carboxylic acid groups (broad SMARTS) is 1. The first kappa shape index (κ1) is 13.0. The fourth-order valence-electron chi connectivity index (χ4n) is 1.73. The summed E-state index contributed by atoms with van der Waals surface area (Å²) >= 11 is 6.22. The van der Waals surface area contributed by atoms with E-state index in [2.05, 4.69) is 19.1 Å². The zero-order valence-electron chi connectivity index (χ0n) is 9.88. The van der Waals surface area contributed by atoms with E-state index in [1.165, 1.54) is 11.1 Å². The van der Waals surface area contributed by atoms with Crippen LogP contribution in [0.4, 0.5) is 0 Å². The van der Waals surface area contributed by atoms with Gasteiger partial charge in [-0.3, -0.25) is 4.79 Å². The average molecular weight is 241 g/mol. The molecule has 0 saturated heterocycles. The molecular formula is C13H17ClO2. The second-order valence-corrected chi connectivity index (χ2v) is 4.72. The number of alkyl halides is 1. The molecule has 2 nitrogen and oxygen atoms in total. The molecule has 0 radical (unpaired) electrons. The van der Waals surface area contributed by atoms with Gasteiger partial charge in [-0.25, -0.2) is 0 Å². The zero-order chi connectivity index (χ0) is 12.3. The highest BCUT2D eigenvalue weighted by molar-refractivity contribution is 6.21. The Bertz CT molecular complexity index is 399. The maximum atomic E-state index is 10.5. The summed E-state index contributed by atoms with van der Waals surface area (Å²) in [5.41, 5.74) is 4.62. The zero-order valence-corrected chi connectivity index (χ0v) is 10.6. The molecule has 1 rings (SSSR count). The van der Waals surface area contributed by atoms with E-state index in [1.807, 2.05) is 13.8 Å². The van der Waals surface area contributed by atoms with Gasteiger partial charge in [-0.1, -0.05) is 12.1 Å². The van der Waals surface area contributed by atoms with Crippen molar-refractivity contribution in [2.24, 2.45) is 0 Å². The van der Waals surface area contributed by atoms with Crippen molar-refractivity contribution in [2.75, 3.05) is 0 Å². The van der Waals surface area contributed by atoms with E-state index in [4.69, 9.17) is 16.7 Å². The van der Waals surface area contributed by atoms with Crippen molar-refractivity contribution >= 4 is 17.6 Å². The van der Waals surface area contributed by atoms with Crippen LogP contribution in [0.2, 0.25) is 0 Å². The predicted octanol–water partition coefficient (Wildman–Crippen LogP) is 3.76. The molecule has 16 heavy (non-hydrogen) atoms. The normalized spacial score (nSPS) is 12.5. The summed E-state index contributed by atoms with van der Waals surface area (Å²) in [6.07, 6.45) is 0.584. The maximum Gasteiger partial charge on any atom is 0.303 e. The van der Waals surface area contributed by atoms with Crippen LogP contribution < -0.4 is 0 Å². The molecule has 3 heteroatoms. The van der Waals surface area contributed by atoms with Crippen LogP contribution in [-0.4, -0.2) is 11.1 Å². The Balaban J connectivity index is 2.86. The Kier molecular flexibility index (Phi) is 4.36. The molecular weight excluding hydrogens is 224 g/mol. The SMILES string of the molecule is Cc1cc(C)c(C(Cl)CCC(=O)O)cc1C. The van der Waals surface area contributed by atoms with Crippen LogP contribution in [0.5, 0.6) is 0 Å². The average Bonchev–Trinajstić information content (AvgIpc) is 2.20. The van der Waals surface area contributed by atoms with Gasteiger partial charge in [-0.15, -0.1) is 11.6 Å². The second kappa shape index (κ2) is 5.35. The summed E-state index contributed by atoms with van der Waals surface area (Å²) in [6.45, 7) is 6.11. The Morgan fingerprint density at radius 1 is 1.25 bits per heavy atom. The Labute approximate surface area is 101 Å². The van der Waals surface area contributed by atoms with Gasteiger partial charge >= 0.3 is 5.97 Å². The first-order chi connectivity index (χ1) is 7.41. The number of halogens is 1. The smallest absolute Gasteiger partial charge is 0.303 e. The lowest BCUT2D eigenvalue weighted by atomic mass is 9.97. The van der Waals surface area contributed by atoms with E-state index in [1.54, 1.807) is 0 Å². The highest BCUT2D eigenvalue weighted by Crippen LogP contribution is 2.30. The van der Waals surface area contributed by atoms with Gasteiger partial charge in [-0.05, 0) is 49.4 Å². The number of benzene rings is 1. The van der Waals surface area contributed by atoms with E-state index < -0.39 is 5.97 Å². The molecule has 1 N–H and O–H groups in total. The van der Waals surface area contributed by atoms with Crippen LogP contribution in [0.3, 0.4) is 0 Å². The topological polar surface area (TPSA) is 37.3 Å². The minimum absolute atomic E-state index is 0.112. The number of hydrogen-bond donors (Lipinski definition) is 1. The Hall–Kier alpha value is -1.02. The third-order valence-electron chi connectivity index (χ3n) is 2.83. The largest absolute Gasteiger partial charge is 0.481 e. The molecule has 1 aromatic rings. The van der Waals surface area contributed by atoms with E-state index in [9.17, 15) is 4.79 Å². The molecule has 0 aromatic heterocycles. The predicted molar refractivity (Wildman–Crippen MR) is 66.1 cm³/mol. The number of carboxylic acids is 1. The Morgan fingerprint density at radius 2 is 1.81 bits per heavy atom. The van der Waals surface area contributed by atoms with Crippen molar-refractivity contribution in [1.82, 2.24) is 0 Å². The van der Waals surface area contributed by atoms with Crippen LogP contribution >= 0.6 is 11.6 Å². The van der Waals surface area contributed by atoms with E-state index >= 15 is 0 Å². The molecule has 0 heterocycles. The molecule has 0 fully saturated rings. The van der Waals surface area contributed by atoms with Gasteiger partial charge in [0.15, 0.2) is 0 Å². The molecule has 0 saturated carbocycles. The quantitative estimate of drug-likeness (QED) is 0.814. The lowest BCUT2D eigenvalue weighted by Gasteiger charge is -2.14. The Morgan fingerprint density at radius 3 is 2.38 bits per heavy atom. The fraction of sp³-hybridized carbons (Fsp3) is 0.462. The second-order valence-electron chi connectivity index (χ2n) is 4.19. The molecule has 0 bridgehead atoms. The van der Waals surface area contributed by atoms with Gasteiger partial charge in [0.2, 0.25) is 0 Å². The first-order valence-electron chi connectivity index (χ1n) is 5.35. The van der Waals surface area contributed by atoms with E-state index in [-0.39, 0.29) is 11.8 Å². The summed E-state index contributed by atoms with van der Waals surface area (Å²) in [7, 11) is 0. The molecule has 0 spiro atoms. The molecule has 88 valence electrons. The van der Waals surface area contributed by atoms with Crippen molar-refractivity contribution < 1.29 is 9.90 Å². The number of aliphatic carboxylic acids is 1. The van der Waals surface area contributed by atoms with Crippen molar-refractivity contribution in [3.8, 4) is 0 Å². The van der Waals surface area contributed by atoms with Gasteiger partial charge in [0, 0.05) is 6.42 Å². The van der Waals surface area contributed by atoms with Crippen molar-refractivity contribution in [3.63, 3.8) is 0 Å². The van der Waals surface area contributed by atoms with Gasteiger partial charge in [0.05, 0.1) is 5.38 Å². The lowest BCUT2D eigenvalue weighted by molar-refractivity contribution is -0.137. The molecule has 1 aromatic carbocycles. The molecule has 1 unspecified atom stereocenters. The van der Waals surface area contributed by atoms with Gasteiger partial charge < -0.3 is 5.11 Å². The lowest BCUT2D eigenvalue weighted by Crippen LogP contribution is -2.01. The maximum absolute atomic E-state index is 10.5. The van der Waals surface area contributed by atoms with Gasteiger partial charge in [0.1, 0.15) is 0 Å². The number of carbonyl (C=O) groups is 1. The highest BCUT2D eigenvalue weighted by atomic mass is 35.5. The summed E-state index contributed by atoms with van der Waals surface area (Å²) in [4.78, 5) is 10.5. The van der Waals surface area contributed by atoms with Gasteiger partial charge in [-0.2, -0.15) is 0 Å². The van der Waals surface area contributed by atoms with Crippen LogP contribution in [0.1, 0.15) is 40.5 Å². The van der Waals surface area contributed by atoms with E-state index in [0.29, 0.717) is 6.42 Å². The standard InChI is InChI=1S/C13H17ClO2/c1-8-6-10(3)11(7-9(8)2)12(14)4-5-13(15)16/h6-7,12H,4-5H2,1-3H3,(H,15,16). The van der Waals surface area contributed by atoms with Crippen LogP contribution in [0.25, 0.3) is 0 Å². The summed E-state index contributed by atoms with van der Waals surface area (Å²) < 4.78 is 0. The first-order valence-corrected chi connectivity index (χ1v) is 5.79. The summed E-state index contributed by atoms with van der Waals surface area (Å²) in [6, 6.07) is 4.16. The van der Waals surface area contributed by atoms with Crippen LogP contribution in [0, 0.1) is 20.8 Å². The molecule has 1 atom stereocenters. The minimum Gasteiger partial charge on any atom is -0.481 e. The minimum atomic E-state index is -0.799. The van der Waals surface area contributed by atoms with Crippen LogP contribution in [-0.2, 0) is 4.79 Å². The molecule has 0 amide bonds. The third-order valence-corrected chi connectivity index (χ3v) is 3.28. The van der Waals surface area contributed by atoms with Crippen LogP contribution in [0.15, 0.2) is 12.1 Å².